The summed E-state index contributed by atoms with van der Waals surface area (Å²) in [5, 5.41) is 11.5. The molecule has 2 aliphatic heterocycles. The Morgan fingerprint density at radius 1 is 1.38 bits per heavy atom. The number of rotatable bonds is 3. The molecule has 0 saturated carbocycles. The maximum absolute atomic E-state index is 12.4. The van der Waals surface area contributed by atoms with E-state index in [1.807, 2.05) is 0 Å². The molecule has 21 heavy (non-hydrogen) atoms. The number of nitrogens with zero attached hydrogens (tertiary/aromatic N) is 1. The van der Waals surface area contributed by atoms with Crippen LogP contribution in [0.15, 0.2) is 0 Å². The van der Waals surface area contributed by atoms with E-state index in [2.05, 4.69) is 5.32 Å². The molecule has 2 aliphatic rings. The molecule has 2 rings (SSSR count). The van der Waals surface area contributed by atoms with Crippen molar-refractivity contribution < 1.29 is 27.9 Å². The van der Waals surface area contributed by atoms with Gasteiger partial charge in [0.2, 0.25) is 11.8 Å². The van der Waals surface area contributed by atoms with E-state index in [1.54, 1.807) is 0 Å². The van der Waals surface area contributed by atoms with Crippen molar-refractivity contribution in [3.63, 3.8) is 0 Å². The zero-order chi connectivity index (χ0) is 15.6. The third-order valence-electron chi connectivity index (χ3n) is 3.84. The molecular formula is C12H18N2O6S. The number of carboxylic acid groups (broad SMARTS) is 1. The highest BCUT2D eigenvalue weighted by Crippen LogP contribution is 2.21. The maximum Gasteiger partial charge on any atom is 0.305 e. The lowest BCUT2D eigenvalue weighted by atomic mass is 9.96. The zero-order valence-corrected chi connectivity index (χ0v) is 12.3. The van der Waals surface area contributed by atoms with Crippen molar-refractivity contribution >= 4 is 27.6 Å². The fourth-order valence-corrected chi connectivity index (χ4v) is 4.25. The van der Waals surface area contributed by atoms with E-state index in [0.717, 1.165) is 0 Å². The zero-order valence-electron chi connectivity index (χ0n) is 11.4. The lowest BCUT2D eigenvalue weighted by Crippen LogP contribution is -2.55. The molecule has 0 aromatic heterocycles. The summed E-state index contributed by atoms with van der Waals surface area (Å²) in [6.45, 7) is 0.240. The first-order valence-electron chi connectivity index (χ1n) is 6.78. The predicted molar refractivity (Wildman–Crippen MR) is 72.1 cm³/mol. The van der Waals surface area contributed by atoms with Gasteiger partial charge in [-0.15, -0.1) is 0 Å². The minimum absolute atomic E-state index is 0.0174. The Morgan fingerprint density at radius 3 is 2.67 bits per heavy atom. The molecule has 0 spiro atoms. The molecule has 0 aromatic rings. The van der Waals surface area contributed by atoms with Crippen LogP contribution in [0, 0.1) is 5.92 Å². The summed E-state index contributed by atoms with van der Waals surface area (Å²) < 4.78 is 23.3. The Balaban J connectivity index is 2.09. The number of carboxylic acids is 1. The number of sulfone groups is 1. The Bertz CT molecular complexity index is 548. The Morgan fingerprint density at radius 2 is 2.10 bits per heavy atom. The SMILES string of the molecule is O=C(O)CC1CS(=O)(=O)CCN1C(=O)C1CCC(=O)NC1. The quantitative estimate of drug-likeness (QED) is 0.661. The molecule has 0 bridgehead atoms. The highest BCUT2D eigenvalue weighted by molar-refractivity contribution is 7.91. The normalized spacial score (nSPS) is 28.8. The first-order valence-corrected chi connectivity index (χ1v) is 8.60. The molecular weight excluding hydrogens is 300 g/mol. The Hall–Kier alpha value is -1.64. The molecule has 2 saturated heterocycles. The van der Waals surface area contributed by atoms with Crippen LogP contribution in [-0.4, -0.2) is 66.8 Å². The Labute approximate surface area is 122 Å². The second kappa shape index (κ2) is 6.00. The van der Waals surface area contributed by atoms with Crippen molar-refractivity contribution in [2.75, 3.05) is 24.6 Å². The van der Waals surface area contributed by atoms with Crippen LogP contribution in [0.5, 0.6) is 0 Å². The highest BCUT2D eigenvalue weighted by atomic mass is 32.2. The molecule has 2 amide bonds. The van der Waals surface area contributed by atoms with Crippen LogP contribution >= 0.6 is 0 Å². The van der Waals surface area contributed by atoms with Crippen LogP contribution in [-0.2, 0) is 24.2 Å². The standard InChI is InChI=1S/C12H18N2O6S/c15-10-2-1-8(6-13-10)12(18)14-3-4-21(19,20)7-9(14)5-11(16)17/h8-9H,1-7H2,(H,13,15)(H,16,17). The molecule has 2 atom stereocenters. The first-order chi connectivity index (χ1) is 9.78. The van der Waals surface area contributed by atoms with E-state index < -0.39 is 27.8 Å². The number of hydrogen-bond donors (Lipinski definition) is 2. The third kappa shape index (κ3) is 3.93. The summed E-state index contributed by atoms with van der Waals surface area (Å²) in [5.74, 6) is -2.37. The number of amides is 2. The van der Waals surface area contributed by atoms with Gasteiger partial charge >= 0.3 is 5.97 Å². The molecule has 2 fully saturated rings. The summed E-state index contributed by atoms with van der Waals surface area (Å²) in [5.41, 5.74) is 0. The highest BCUT2D eigenvalue weighted by Gasteiger charge is 2.38. The van der Waals surface area contributed by atoms with Gasteiger partial charge in [0.25, 0.3) is 0 Å². The smallest absolute Gasteiger partial charge is 0.305 e. The average Bonchev–Trinajstić information content (AvgIpc) is 2.37. The lowest BCUT2D eigenvalue weighted by molar-refractivity contribution is -0.142. The number of nitrogens with one attached hydrogen (secondary N) is 1. The first kappa shape index (κ1) is 15.7. The molecule has 9 heteroatoms. The number of carbonyl (C=O) groups excluding carboxylic acids is 2. The van der Waals surface area contributed by atoms with Gasteiger partial charge in [0.1, 0.15) is 0 Å². The molecule has 8 nitrogen and oxygen atoms in total. The van der Waals surface area contributed by atoms with Gasteiger partial charge in [0, 0.05) is 19.5 Å². The van der Waals surface area contributed by atoms with Crippen molar-refractivity contribution in [3.8, 4) is 0 Å². The van der Waals surface area contributed by atoms with Crippen molar-refractivity contribution in [3.05, 3.63) is 0 Å². The summed E-state index contributed by atoms with van der Waals surface area (Å²) in [4.78, 5) is 35.8. The largest absolute Gasteiger partial charge is 0.481 e. The molecule has 0 aromatic carbocycles. The lowest BCUT2D eigenvalue weighted by Gasteiger charge is -2.37. The van der Waals surface area contributed by atoms with Gasteiger partial charge in [-0.05, 0) is 6.42 Å². The van der Waals surface area contributed by atoms with E-state index in [0.29, 0.717) is 6.42 Å². The molecule has 118 valence electrons. The second-order valence-corrected chi connectivity index (χ2v) is 7.67. The van der Waals surface area contributed by atoms with E-state index >= 15 is 0 Å². The van der Waals surface area contributed by atoms with Gasteiger partial charge in [0.05, 0.1) is 29.9 Å². The van der Waals surface area contributed by atoms with E-state index in [-0.39, 0.29) is 49.3 Å². The van der Waals surface area contributed by atoms with Gasteiger partial charge in [-0.3, -0.25) is 14.4 Å². The topological polar surface area (TPSA) is 121 Å². The third-order valence-corrected chi connectivity index (χ3v) is 5.54. The minimum Gasteiger partial charge on any atom is -0.481 e. The van der Waals surface area contributed by atoms with Crippen LogP contribution in [0.2, 0.25) is 0 Å². The summed E-state index contributed by atoms with van der Waals surface area (Å²) in [6, 6.07) is -0.827. The number of hydrogen-bond acceptors (Lipinski definition) is 5. The van der Waals surface area contributed by atoms with Crippen molar-refractivity contribution in [1.82, 2.24) is 10.2 Å². The van der Waals surface area contributed by atoms with Gasteiger partial charge in [0.15, 0.2) is 9.84 Å². The van der Waals surface area contributed by atoms with Crippen molar-refractivity contribution in [2.24, 2.45) is 5.92 Å². The second-order valence-electron chi connectivity index (χ2n) is 5.44. The van der Waals surface area contributed by atoms with Crippen LogP contribution in [0.4, 0.5) is 0 Å². The van der Waals surface area contributed by atoms with E-state index in [4.69, 9.17) is 5.11 Å². The number of aliphatic carboxylic acids is 1. The summed E-state index contributed by atoms with van der Waals surface area (Å²) in [6.07, 6.45) is 0.282. The van der Waals surface area contributed by atoms with Gasteiger partial charge in [-0.1, -0.05) is 0 Å². The van der Waals surface area contributed by atoms with E-state index in [9.17, 15) is 22.8 Å². The molecule has 2 unspecified atom stereocenters. The minimum atomic E-state index is -3.31. The molecule has 0 aliphatic carbocycles. The molecule has 2 N–H and O–H groups in total. The van der Waals surface area contributed by atoms with Crippen LogP contribution < -0.4 is 5.32 Å². The van der Waals surface area contributed by atoms with Crippen LogP contribution in [0.25, 0.3) is 0 Å². The number of carbonyl (C=O) groups is 3. The predicted octanol–water partition coefficient (Wildman–Crippen LogP) is -1.39. The maximum atomic E-state index is 12.4. The van der Waals surface area contributed by atoms with Crippen LogP contribution in [0.3, 0.4) is 0 Å². The van der Waals surface area contributed by atoms with Crippen molar-refractivity contribution in [1.29, 1.82) is 0 Å². The van der Waals surface area contributed by atoms with Gasteiger partial charge in [-0.2, -0.15) is 0 Å². The van der Waals surface area contributed by atoms with Gasteiger partial charge < -0.3 is 15.3 Å². The average molecular weight is 318 g/mol. The fraction of sp³-hybridized carbons (Fsp3) is 0.750. The summed E-state index contributed by atoms with van der Waals surface area (Å²) in [7, 11) is -3.31. The van der Waals surface area contributed by atoms with Crippen molar-refractivity contribution in [2.45, 2.75) is 25.3 Å². The summed E-state index contributed by atoms with van der Waals surface area (Å²) >= 11 is 0. The van der Waals surface area contributed by atoms with E-state index in [1.165, 1.54) is 4.90 Å². The monoisotopic (exact) mass is 318 g/mol. The molecule has 2 heterocycles. The Kier molecular flexibility index (Phi) is 4.50. The van der Waals surface area contributed by atoms with Crippen LogP contribution in [0.1, 0.15) is 19.3 Å². The molecule has 0 radical (unpaired) electrons. The number of piperidine rings is 1. The fourth-order valence-electron chi connectivity index (χ4n) is 2.73. The van der Waals surface area contributed by atoms with Gasteiger partial charge in [-0.25, -0.2) is 8.42 Å².